The Kier molecular flexibility index (Phi) is 2.89. The van der Waals surface area contributed by atoms with Gasteiger partial charge in [0.1, 0.15) is 18.3 Å². The number of nitrogens with zero attached hydrogens (tertiary/aromatic N) is 3. The monoisotopic (exact) mass is 308 g/mol. The lowest BCUT2D eigenvalue weighted by Gasteiger charge is -2.24. The first-order valence-electron chi connectivity index (χ1n) is 7.02. The zero-order valence-electron chi connectivity index (χ0n) is 12.1. The normalized spacial score (nSPS) is 33.4. The molecule has 0 amide bonds. The molecule has 4 rings (SSSR count). The van der Waals surface area contributed by atoms with Gasteiger partial charge in [-0.15, -0.1) is 0 Å². The molecule has 2 aliphatic rings. The van der Waals surface area contributed by atoms with Crippen LogP contribution < -0.4 is 5.56 Å². The molecule has 9 nitrogen and oxygen atoms in total. The minimum Gasteiger partial charge on any atom is -0.394 e. The van der Waals surface area contributed by atoms with Gasteiger partial charge in [0.25, 0.3) is 5.56 Å². The molecule has 9 heteroatoms. The summed E-state index contributed by atoms with van der Waals surface area (Å²) < 4.78 is 19.2. The molecule has 2 aromatic heterocycles. The van der Waals surface area contributed by atoms with Crippen LogP contribution in [0.15, 0.2) is 17.4 Å². The Hall–Kier alpha value is -1.81. The van der Waals surface area contributed by atoms with Crippen LogP contribution >= 0.6 is 0 Å². The first kappa shape index (κ1) is 13.8. The van der Waals surface area contributed by atoms with Gasteiger partial charge in [0.2, 0.25) is 0 Å². The van der Waals surface area contributed by atoms with E-state index >= 15 is 0 Å². The Balaban J connectivity index is 1.78. The van der Waals surface area contributed by atoms with E-state index < -0.39 is 24.2 Å². The van der Waals surface area contributed by atoms with E-state index in [4.69, 9.17) is 14.2 Å². The third-order valence-electron chi connectivity index (χ3n) is 3.94. The molecular formula is C13H16N4O5. The lowest BCUT2D eigenvalue weighted by atomic mass is 10.1. The van der Waals surface area contributed by atoms with Crippen molar-refractivity contribution in [1.82, 2.24) is 19.5 Å². The van der Waals surface area contributed by atoms with E-state index in [0.717, 1.165) is 0 Å². The van der Waals surface area contributed by atoms with Crippen LogP contribution in [-0.2, 0) is 14.2 Å². The fourth-order valence-corrected chi connectivity index (χ4v) is 3.08. The van der Waals surface area contributed by atoms with Gasteiger partial charge in [-0.25, -0.2) is 9.97 Å². The zero-order valence-corrected chi connectivity index (χ0v) is 12.1. The van der Waals surface area contributed by atoms with Gasteiger partial charge < -0.3 is 24.3 Å². The number of hydrogen-bond donors (Lipinski definition) is 2. The maximum absolute atomic E-state index is 11.8. The van der Waals surface area contributed by atoms with E-state index in [2.05, 4.69) is 15.0 Å². The van der Waals surface area contributed by atoms with Gasteiger partial charge in [-0.05, 0) is 13.8 Å². The zero-order chi connectivity index (χ0) is 15.5. The summed E-state index contributed by atoms with van der Waals surface area (Å²) in [5.74, 6) is -0.758. The van der Waals surface area contributed by atoms with Gasteiger partial charge in [0.15, 0.2) is 23.2 Å². The first-order chi connectivity index (χ1) is 10.5. The Morgan fingerprint density at radius 1 is 1.36 bits per heavy atom. The Morgan fingerprint density at radius 2 is 2.14 bits per heavy atom. The van der Waals surface area contributed by atoms with Gasteiger partial charge in [0, 0.05) is 0 Å². The number of aromatic amines is 1. The molecule has 118 valence electrons. The summed E-state index contributed by atoms with van der Waals surface area (Å²) in [6, 6.07) is 0. The summed E-state index contributed by atoms with van der Waals surface area (Å²) >= 11 is 0. The molecule has 4 heterocycles. The number of aromatic nitrogens is 4. The molecule has 0 radical (unpaired) electrons. The predicted molar refractivity (Wildman–Crippen MR) is 73.0 cm³/mol. The van der Waals surface area contributed by atoms with E-state index in [0.29, 0.717) is 5.65 Å². The molecule has 2 aliphatic heterocycles. The van der Waals surface area contributed by atoms with Crippen LogP contribution in [0.2, 0.25) is 0 Å². The standard InChI is InChI=1S/C13H16N4O5/c1-13(2)21-8-6(3-18)20-12(9(8)22-13)17-5-16-7-10(17)14-4-15-11(7)19/h4-6,8-9,12,18H,3H2,1-2H3,(H,14,15,19)/t6-,8+,9-,12-/m1/s1. The topological polar surface area (TPSA) is 111 Å². The number of hydrogen-bond acceptors (Lipinski definition) is 7. The van der Waals surface area contributed by atoms with Gasteiger partial charge >= 0.3 is 0 Å². The molecule has 0 aliphatic carbocycles. The third-order valence-corrected chi connectivity index (χ3v) is 3.94. The molecule has 2 saturated heterocycles. The summed E-state index contributed by atoms with van der Waals surface area (Å²) in [5.41, 5.74) is 0.314. The number of aliphatic hydroxyl groups is 1. The Bertz CT molecular complexity index is 769. The van der Waals surface area contributed by atoms with Gasteiger partial charge in [-0.2, -0.15) is 0 Å². The third kappa shape index (κ3) is 1.90. The predicted octanol–water partition coefficient (Wildman–Crippen LogP) is -0.471. The van der Waals surface area contributed by atoms with Gasteiger partial charge in [-0.1, -0.05) is 0 Å². The Labute approximate surface area is 124 Å². The number of rotatable bonds is 2. The fraction of sp³-hybridized carbons (Fsp3) is 0.615. The molecule has 0 unspecified atom stereocenters. The van der Waals surface area contributed by atoms with E-state index in [1.54, 1.807) is 4.57 Å². The Morgan fingerprint density at radius 3 is 2.91 bits per heavy atom. The van der Waals surface area contributed by atoms with Crippen LogP contribution in [0.25, 0.3) is 11.2 Å². The molecule has 4 atom stereocenters. The number of nitrogens with one attached hydrogen (secondary N) is 1. The maximum Gasteiger partial charge on any atom is 0.278 e. The number of ether oxygens (including phenoxy) is 3. The van der Waals surface area contributed by atoms with Crippen molar-refractivity contribution in [2.45, 2.75) is 44.2 Å². The highest BCUT2D eigenvalue weighted by Crippen LogP contribution is 2.43. The van der Waals surface area contributed by atoms with Crippen molar-refractivity contribution >= 4 is 11.2 Å². The minimum absolute atomic E-state index is 0.183. The SMILES string of the molecule is CC1(C)O[C@@H]2[C@@H](O1)[C@@H](CO)O[C@H]2n1cnc2c(=O)[nH]cnc21. The van der Waals surface area contributed by atoms with Gasteiger partial charge in [0.05, 0.1) is 19.3 Å². The summed E-state index contributed by atoms with van der Waals surface area (Å²) in [5, 5.41) is 9.50. The molecule has 2 aromatic rings. The lowest BCUT2D eigenvalue weighted by molar-refractivity contribution is -0.199. The summed E-state index contributed by atoms with van der Waals surface area (Å²) in [6.07, 6.45) is 0.937. The quantitative estimate of drug-likeness (QED) is 0.771. The van der Waals surface area contributed by atoms with Crippen LogP contribution in [0.5, 0.6) is 0 Å². The molecular weight excluding hydrogens is 292 g/mol. The number of H-pyrrole nitrogens is 1. The second kappa shape index (κ2) is 4.59. The van der Waals surface area contributed by atoms with Crippen LogP contribution in [0, 0.1) is 0 Å². The second-order valence-corrected chi connectivity index (χ2v) is 5.87. The molecule has 2 N–H and O–H groups in total. The molecule has 2 fully saturated rings. The van der Waals surface area contributed by atoms with Crippen LogP contribution in [0.1, 0.15) is 20.1 Å². The van der Waals surface area contributed by atoms with E-state index in [1.165, 1.54) is 12.7 Å². The molecule has 22 heavy (non-hydrogen) atoms. The summed E-state index contributed by atoms with van der Waals surface area (Å²) in [7, 11) is 0. The second-order valence-electron chi connectivity index (χ2n) is 5.87. The smallest absolute Gasteiger partial charge is 0.278 e. The highest BCUT2D eigenvalue weighted by molar-refractivity contribution is 5.68. The highest BCUT2D eigenvalue weighted by Gasteiger charge is 2.55. The van der Waals surface area contributed by atoms with Crippen molar-refractivity contribution in [2.24, 2.45) is 0 Å². The van der Waals surface area contributed by atoms with Crippen molar-refractivity contribution < 1.29 is 19.3 Å². The van der Waals surface area contributed by atoms with Gasteiger partial charge in [-0.3, -0.25) is 9.36 Å². The van der Waals surface area contributed by atoms with Crippen molar-refractivity contribution in [3.05, 3.63) is 23.0 Å². The average Bonchev–Trinajstić information content (AvgIpc) is 3.10. The van der Waals surface area contributed by atoms with Crippen LogP contribution in [0.4, 0.5) is 0 Å². The average molecular weight is 308 g/mol. The largest absolute Gasteiger partial charge is 0.394 e. The first-order valence-corrected chi connectivity index (χ1v) is 7.02. The van der Waals surface area contributed by atoms with Crippen molar-refractivity contribution in [1.29, 1.82) is 0 Å². The molecule has 0 bridgehead atoms. The van der Waals surface area contributed by atoms with Crippen molar-refractivity contribution in [3.8, 4) is 0 Å². The summed E-state index contributed by atoms with van der Waals surface area (Å²) in [4.78, 5) is 22.5. The maximum atomic E-state index is 11.8. The minimum atomic E-state index is -0.758. The summed E-state index contributed by atoms with van der Waals surface area (Å²) in [6.45, 7) is 3.44. The van der Waals surface area contributed by atoms with Crippen molar-refractivity contribution in [3.63, 3.8) is 0 Å². The van der Waals surface area contributed by atoms with E-state index in [-0.39, 0.29) is 23.8 Å². The molecule has 0 spiro atoms. The highest BCUT2D eigenvalue weighted by atomic mass is 16.8. The van der Waals surface area contributed by atoms with Crippen LogP contribution in [-0.4, -0.2) is 55.3 Å². The fourth-order valence-electron chi connectivity index (χ4n) is 3.08. The molecule has 0 aromatic carbocycles. The van der Waals surface area contributed by atoms with E-state index in [9.17, 15) is 9.90 Å². The number of imidazole rings is 1. The molecule has 0 saturated carbocycles. The van der Waals surface area contributed by atoms with Crippen molar-refractivity contribution in [2.75, 3.05) is 6.61 Å². The number of fused-ring (bicyclic) bond motifs is 2. The van der Waals surface area contributed by atoms with Crippen LogP contribution in [0.3, 0.4) is 0 Å². The lowest BCUT2D eigenvalue weighted by Crippen LogP contribution is -2.31. The van der Waals surface area contributed by atoms with E-state index in [1.807, 2.05) is 13.8 Å². The number of aliphatic hydroxyl groups excluding tert-OH is 1.